The summed E-state index contributed by atoms with van der Waals surface area (Å²) in [6.45, 7) is 6.43. The van der Waals surface area contributed by atoms with Crippen LogP contribution in [-0.4, -0.2) is 42.3 Å². The van der Waals surface area contributed by atoms with Gasteiger partial charge in [0, 0.05) is 36.1 Å². The van der Waals surface area contributed by atoms with E-state index in [0.29, 0.717) is 6.54 Å². The highest BCUT2D eigenvalue weighted by Gasteiger charge is 2.10. The molecule has 0 aliphatic heterocycles. The Labute approximate surface area is 190 Å². The number of aromatic amines is 1. The van der Waals surface area contributed by atoms with Gasteiger partial charge in [-0.3, -0.25) is 4.99 Å². The molecule has 4 N–H and O–H groups in total. The van der Waals surface area contributed by atoms with Gasteiger partial charge in [0.05, 0.1) is 13.2 Å². The van der Waals surface area contributed by atoms with E-state index in [9.17, 15) is 5.11 Å². The predicted octanol–water partition coefficient (Wildman–Crippen LogP) is 3.97. The lowest BCUT2D eigenvalue weighted by Crippen LogP contribution is -2.38. The predicted molar refractivity (Wildman–Crippen MR) is 132 cm³/mol. The van der Waals surface area contributed by atoms with Crippen LogP contribution in [0.25, 0.3) is 10.9 Å². The van der Waals surface area contributed by atoms with Crippen LogP contribution in [0.1, 0.15) is 29.5 Å². The Kier molecular flexibility index (Phi) is 9.47. The number of aryl methyl sites for hydroxylation is 1. The number of benzene rings is 2. The molecular formula is C23H31IN4O. The molecule has 0 fully saturated rings. The summed E-state index contributed by atoms with van der Waals surface area (Å²) in [7, 11) is 0. The number of aromatic nitrogens is 1. The highest BCUT2D eigenvalue weighted by molar-refractivity contribution is 14.0. The minimum absolute atomic E-state index is 0. The van der Waals surface area contributed by atoms with E-state index < -0.39 is 0 Å². The number of nitrogens with one attached hydrogen (secondary N) is 3. The zero-order valence-electron chi connectivity index (χ0n) is 17.1. The van der Waals surface area contributed by atoms with Gasteiger partial charge in [0.2, 0.25) is 0 Å². The zero-order chi connectivity index (χ0) is 19.8. The van der Waals surface area contributed by atoms with Gasteiger partial charge in [-0.15, -0.1) is 24.0 Å². The van der Waals surface area contributed by atoms with Gasteiger partial charge in [-0.25, -0.2) is 0 Å². The number of halogens is 1. The van der Waals surface area contributed by atoms with Crippen LogP contribution in [0.15, 0.2) is 59.7 Å². The lowest BCUT2D eigenvalue weighted by Gasteiger charge is -2.15. The van der Waals surface area contributed by atoms with E-state index in [2.05, 4.69) is 58.9 Å². The molecule has 156 valence electrons. The van der Waals surface area contributed by atoms with Crippen molar-refractivity contribution in [1.29, 1.82) is 0 Å². The second kappa shape index (κ2) is 11.8. The molecule has 6 heteroatoms. The summed E-state index contributed by atoms with van der Waals surface area (Å²) >= 11 is 0. The third-order valence-corrected chi connectivity index (χ3v) is 4.99. The van der Waals surface area contributed by atoms with Crippen LogP contribution in [0, 0.1) is 6.92 Å². The second-order valence-electron chi connectivity index (χ2n) is 7.00. The fourth-order valence-electron chi connectivity index (χ4n) is 3.50. The topological polar surface area (TPSA) is 72.4 Å². The SMILES string of the molecule is CCNC(=NCC(CO)c1ccccc1)NCCc1c[nH]c2cccc(C)c12.I. The van der Waals surface area contributed by atoms with Crippen LogP contribution in [-0.2, 0) is 6.42 Å². The van der Waals surface area contributed by atoms with E-state index in [0.717, 1.165) is 31.0 Å². The molecule has 0 saturated heterocycles. The van der Waals surface area contributed by atoms with Gasteiger partial charge in [0.25, 0.3) is 0 Å². The Bertz CT molecular complexity index is 908. The minimum Gasteiger partial charge on any atom is -0.396 e. The maximum Gasteiger partial charge on any atom is 0.191 e. The van der Waals surface area contributed by atoms with Crippen molar-refractivity contribution in [2.45, 2.75) is 26.2 Å². The van der Waals surface area contributed by atoms with Crippen molar-refractivity contribution in [3.8, 4) is 0 Å². The summed E-state index contributed by atoms with van der Waals surface area (Å²) in [6.07, 6.45) is 3.01. The molecule has 29 heavy (non-hydrogen) atoms. The highest BCUT2D eigenvalue weighted by Crippen LogP contribution is 2.22. The van der Waals surface area contributed by atoms with E-state index in [1.165, 1.54) is 22.0 Å². The first-order valence-electron chi connectivity index (χ1n) is 9.96. The summed E-state index contributed by atoms with van der Waals surface area (Å²) in [5.74, 6) is 0.793. The van der Waals surface area contributed by atoms with Crippen LogP contribution >= 0.6 is 24.0 Å². The van der Waals surface area contributed by atoms with Crippen LogP contribution < -0.4 is 10.6 Å². The van der Waals surface area contributed by atoms with Crippen LogP contribution in [0.4, 0.5) is 0 Å². The second-order valence-corrected chi connectivity index (χ2v) is 7.00. The Morgan fingerprint density at radius 3 is 2.62 bits per heavy atom. The fraction of sp³-hybridized carbons (Fsp3) is 0.348. The van der Waals surface area contributed by atoms with Gasteiger partial charge in [-0.1, -0.05) is 42.5 Å². The van der Waals surface area contributed by atoms with Crippen LogP contribution in [0.2, 0.25) is 0 Å². The molecule has 2 aromatic carbocycles. The molecule has 0 radical (unpaired) electrons. The third kappa shape index (κ3) is 6.21. The summed E-state index contributed by atoms with van der Waals surface area (Å²) in [5, 5.41) is 17.8. The average Bonchev–Trinajstić information content (AvgIpc) is 3.14. The first-order chi connectivity index (χ1) is 13.7. The molecule has 1 aromatic heterocycles. The van der Waals surface area contributed by atoms with Gasteiger partial charge in [-0.2, -0.15) is 0 Å². The molecule has 1 atom stereocenters. The molecule has 0 amide bonds. The summed E-state index contributed by atoms with van der Waals surface area (Å²) < 4.78 is 0. The van der Waals surface area contributed by atoms with E-state index in [-0.39, 0.29) is 36.5 Å². The molecule has 0 bridgehead atoms. The Balaban J connectivity index is 0.00000300. The van der Waals surface area contributed by atoms with E-state index in [1.54, 1.807) is 0 Å². The number of aliphatic hydroxyl groups excluding tert-OH is 1. The lowest BCUT2D eigenvalue weighted by atomic mass is 10.0. The number of hydrogen-bond donors (Lipinski definition) is 4. The van der Waals surface area contributed by atoms with Crippen molar-refractivity contribution in [2.24, 2.45) is 4.99 Å². The zero-order valence-corrected chi connectivity index (χ0v) is 19.4. The number of hydrogen-bond acceptors (Lipinski definition) is 2. The van der Waals surface area contributed by atoms with Gasteiger partial charge in [0.15, 0.2) is 5.96 Å². The number of nitrogens with zero attached hydrogens (tertiary/aromatic N) is 1. The fourth-order valence-corrected chi connectivity index (χ4v) is 3.50. The molecule has 1 heterocycles. The molecule has 1 unspecified atom stereocenters. The normalized spacial score (nSPS) is 12.4. The maximum atomic E-state index is 9.74. The van der Waals surface area contributed by atoms with Crippen LogP contribution in [0.5, 0.6) is 0 Å². The van der Waals surface area contributed by atoms with Crippen molar-refractivity contribution in [2.75, 3.05) is 26.2 Å². The summed E-state index contributed by atoms with van der Waals surface area (Å²) in [4.78, 5) is 8.04. The molecule has 3 rings (SSSR count). The van der Waals surface area contributed by atoms with E-state index in [4.69, 9.17) is 0 Å². The first kappa shape index (κ1) is 23.2. The van der Waals surface area contributed by atoms with Crippen molar-refractivity contribution < 1.29 is 5.11 Å². The summed E-state index contributed by atoms with van der Waals surface area (Å²) in [5.41, 5.74) is 4.90. The maximum absolute atomic E-state index is 9.74. The molecule has 5 nitrogen and oxygen atoms in total. The number of aliphatic imine (C=N–C) groups is 1. The largest absolute Gasteiger partial charge is 0.396 e. The van der Waals surface area contributed by atoms with Gasteiger partial charge < -0.3 is 20.7 Å². The smallest absolute Gasteiger partial charge is 0.191 e. The van der Waals surface area contributed by atoms with Crippen molar-refractivity contribution >= 4 is 40.8 Å². The molecule has 0 aliphatic rings. The standard InChI is InChI=1S/C23H30N4O.HI/c1-3-24-23(27-15-20(16-28)18-9-5-4-6-10-18)25-13-12-19-14-26-21-11-7-8-17(2)22(19)21;/h4-11,14,20,26,28H,3,12-13,15-16H2,1-2H3,(H2,24,25,27);1H. The number of guanidine groups is 1. The number of H-pyrrole nitrogens is 1. The van der Waals surface area contributed by atoms with Gasteiger partial charge in [0.1, 0.15) is 0 Å². The molecular weight excluding hydrogens is 475 g/mol. The number of rotatable bonds is 8. The first-order valence-corrected chi connectivity index (χ1v) is 9.96. The Hall–Kier alpha value is -2.06. The molecule has 0 spiro atoms. The quantitative estimate of drug-likeness (QED) is 0.212. The molecule has 3 aromatic rings. The Morgan fingerprint density at radius 2 is 1.90 bits per heavy atom. The highest BCUT2D eigenvalue weighted by atomic mass is 127. The third-order valence-electron chi connectivity index (χ3n) is 4.99. The van der Waals surface area contributed by atoms with Gasteiger partial charge in [-0.05, 0) is 43.0 Å². The minimum atomic E-state index is 0. The average molecular weight is 506 g/mol. The van der Waals surface area contributed by atoms with Crippen LogP contribution in [0.3, 0.4) is 0 Å². The lowest BCUT2D eigenvalue weighted by molar-refractivity contribution is 0.268. The summed E-state index contributed by atoms with van der Waals surface area (Å²) in [6, 6.07) is 16.4. The molecule has 0 saturated carbocycles. The van der Waals surface area contributed by atoms with Crippen molar-refractivity contribution in [3.05, 3.63) is 71.4 Å². The Morgan fingerprint density at radius 1 is 1.10 bits per heavy atom. The monoisotopic (exact) mass is 506 g/mol. The molecule has 0 aliphatic carbocycles. The van der Waals surface area contributed by atoms with Crippen molar-refractivity contribution in [3.63, 3.8) is 0 Å². The number of aliphatic hydroxyl groups is 1. The van der Waals surface area contributed by atoms with Crippen molar-refractivity contribution in [1.82, 2.24) is 15.6 Å². The van der Waals surface area contributed by atoms with Gasteiger partial charge >= 0.3 is 0 Å². The number of fused-ring (bicyclic) bond motifs is 1. The van der Waals surface area contributed by atoms with E-state index in [1.807, 2.05) is 30.3 Å². The van der Waals surface area contributed by atoms with E-state index >= 15 is 0 Å².